The van der Waals surface area contributed by atoms with E-state index in [0.717, 1.165) is 38.0 Å². The predicted octanol–water partition coefficient (Wildman–Crippen LogP) is 0.105. The standard InChI is InChI=1S/C17H26N2O4/c1-21-15-6-5-13(10-16(15)22-2)7-8-19-17(20)12-18-11-14-4-3-9-23-14/h5-6,10,14,18H,3-4,7-9,11-12H2,1-2H3,(H,19,20)/p+1/t14-/m1/s1. The second-order valence-corrected chi connectivity index (χ2v) is 5.65. The smallest absolute Gasteiger partial charge is 0.275 e. The lowest BCUT2D eigenvalue weighted by molar-refractivity contribution is -0.650. The first kappa shape index (κ1) is 17.6. The summed E-state index contributed by atoms with van der Waals surface area (Å²) >= 11 is 0. The fraction of sp³-hybridized carbons (Fsp3) is 0.588. The van der Waals surface area contributed by atoms with Crippen molar-refractivity contribution >= 4 is 5.91 Å². The van der Waals surface area contributed by atoms with Crippen LogP contribution in [0.15, 0.2) is 18.2 Å². The Labute approximate surface area is 137 Å². The van der Waals surface area contributed by atoms with Gasteiger partial charge in [-0.05, 0) is 37.0 Å². The molecule has 1 aromatic rings. The molecule has 1 aromatic carbocycles. The van der Waals surface area contributed by atoms with E-state index in [-0.39, 0.29) is 5.91 Å². The van der Waals surface area contributed by atoms with Crippen molar-refractivity contribution in [3.05, 3.63) is 23.8 Å². The van der Waals surface area contributed by atoms with Gasteiger partial charge in [0.2, 0.25) is 0 Å². The van der Waals surface area contributed by atoms with E-state index in [4.69, 9.17) is 14.2 Å². The normalized spacial score (nSPS) is 17.0. The van der Waals surface area contributed by atoms with Gasteiger partial charge < -0.3 is 24.8 Å². The largest absolute Gasteiger partial charge is 0.493 e. The van der Waals surface area contributed by atoms with Crippen molar-refractivity contribution in [3.8, 4) is 11.5 Å². The number of hydrogen-bond donors (Lipinski definition) is 2. The molecule has 1 saturated heterocycles. The third kappa shape index (κ3) is 5.73. The van der Waals surface area contributed by atoms with Gasteiger partial charge in [0.1, 0.15) is 12.6 Å². The van der Waals surface area contributed by atoms with Gasteiger partial charge in [-0.25, -0.2) is 0 Å². The predicted molar refractivity (Wildman–Crippen MR) is 86.9 cm³/mol. The molecule has 128 valence electrons. The van der Waals surface area contributed by atoms with E-state index in [1.165, 1.54) is 0 Å². The zero-order valence-corrected chi connectivity index (χ0v) is 14.0. The molecular weight excluding hydrogens is 296 g/mol. The van der Waals surface area contributed by atoms with Crippen LogP contribution in [0.4, 0.5) is 0 Å². The lowest BCUT2D eigenvalue weighted by Gasteiger charge is -2.10. The number of quaternary nitrogens is 1. The van der Waals surface area contributed by atoms with Gasteiger partial charge in [-0.15, -0.1) is 0 Å². The fourth-order valence-electron chi connectivity index (χ4n) is 2.69. The average Bonchev–Trinajstić information content (AvgIpc) is 3.08. The molecule has 1 heterocycles. The summed E-state index contributed by atoms with van der Waals surface area (Å²) in [6, 6.07) is 5.80. The van der Waals surface area contributed by atoms with E-state index < -0.39 is 0 Å². The minimum atomic E-state index is 0.0588. The van der Waals surface area contributed by atoms with Gasteiger partial charge in [0.25, 0.3) is 5.91 Å². The van der Waals surface area contributed by atoms with Crippen LogP contribution in [-0.2, 0) is 16.0 Å². The summed E-state index contributed by atoms with van der Waals surface area (Å²) < 4.78 is 16.0. The summed E-state index contributed by atoms with van der Waals surface area (Å²) in [6.45, 7) is 2.78. The van der Waals surface area contributed by atoms with Crippen LogP contribution in [0.2, 0.25) is 0 Å². The molecule has 3 N–H and O–H groups in total. The van der Waals surface area contributed by atoms with E-state index >= 15 is 0 Å². The Morgan fingerprint density at radius 2 is 2.17 bits per heavy atom. The molecule has 0 aromatic heterocycles. The van der Waals surface area contributed by atoms with Gasteiger partial charge in [0.05, 0.1) is 14.2 Å². The molecule has 1 fully saturated rings. The number of carbonyl (C=O) groups excluding carboxylic acids is 1. The molecular formula is C17H27N2O4+. The van der Waals surface area contributed by atoms with Crippen molar-refractivity contribution in [2.24, 2.45) is 0 Å². The maximum Gasteiger partial charge on any atom is 0.275 e. The lowest BCUT2D eigenvalue weighted by Crippen LogP contribution is -2.88. The topological polar surface area (TPSA) is 73.4 Å². The summed E-state index contributed by atoms with van der Waals surface area (Å²) in [5, 5.41) is 4.96. The summed E-state index contributed by atoms with van der Waals surface area (Å²) in [5.41, 5.74) is 1.10. The molecule has 2 rings (SSSR count). The van der Waals surface area contributed by atoms with Crippen LogP contribution in [0.1, 0.15) is 18.4 Å². The third-order valence-corrected chi connectivity index (χ3v) is 3.97. The molecule has 6 heteroatoms. The van der Waals surface area contributed by atoms with Crippen LogP contribution in [0.5, 0.6) is 11.5 Å². The summed E-state index contributed by atoms with van der Waals surface area (Å²) in [6.07, 6.45) is 3.32. The van der Waals surface area contributed by atoms with Crippen molar-refractivity contribution in [1.29, 1.82) is 0 Å². The number of rotatable bonds is 9. The van der Waals surface area contributed by atoms with Gasteiger partial charge in [0.15, 0.2) is 18.0 Å². The maximum atomic E-state index is 11.8. The number of benzene rings is 1. The van der Waals surface area contributed by atoms with Crippen molar-refractivity contribution < 1.29 is 24.3 Å². The van der Waals surface area contributed by atoms with Crippen LogP contribution in [0, 0.1) is 0 Å². The summed E-state index contributed by atoms with van der Waals surface area (Å²) in [5.74, 6) is 1.48. The molecule has 0 aliphatic carbocycles. The van der Waals surface area contributed by atoms with Crippen molar-refractivity contribution in [1.82, 2.24) is 5.32 Å². The molecule has 1 amide bonds. The minimum absolute atomic E-state index is 0.0588. The first-order valence-corrected chi connectivity index (χ1v) is 8.13. The zero-order valence-electron chi connectivity index (χ0n) is 14.0. The first-order chi connectivity index (χ1) is 11.2. The highest BCUT2D eigenvalue weighted by Crippen LogP contribution is 2.27. The molecule has 0 spiro atoms. The third-order valence-electron chi connectivity index (χ3n) is 3.97. The van der Waals surface area contributed by atoms with Crippen LogP contribution in [0.3, 0.4) is 0 Å². The first-order valence-electron chi connectivity index (χ1n) is 8.13. The Morgan fingerprint density at radius 1 is 1.35 bits per heavy atom. The molecule has 1 aliphatic heterocycles. The van der Waals surface area contributed by atoms with E-state index in [1.807, 2.05) is 23.5 Å². The number of amides is 1. The number of ether oxygens (including phenoxy) is 3. The second kappa shape index (κ2) is 9.37. The summed E-state index contributed by atoms with van der Waals surface area (Å²) in [7, 11) is 3.23. The zero-order chi connectivity index (χ0) is 16.5. The highest BCUT2D eigenvalue weighted by atomic mass is 16.5. The van der Waals surface area contributed by atoms with Gasteiger partial charge >= 0.3 is 0 Å². The Morgan fingerprint density at radius 3 is 2.87 bits per heavy atom. The van der Waals surface area contributed by atoms with Gasteiger partial charge in [-0.2, -0.15) is 0 Å². The second-order valence-electron chi connectivity index (χ2n) is 5.65. The quantitative estimate of drug-likeness (QED) is 0.676. The minimum Gasteiger partial charge on any atom is -0.493 e. The number of hydrogen-bond acceptors (Lipinski definition) is 4. The molecule has 0 bridgehead atoms. The Kier molecular flexibility index (Phi) is 7.16. The highest BCUT2D eigenvalue weighted by molar-refractivity contribution is 5.76. The maximum absolute atomic E-state index is 11.8. The molecule has 1 atom stereocenters. The van der Waals surface area contributed by atoms with Gasteiger partial charge in [-0.3, -0.25) is 4.79 Å². The van der Waals surface area contributed by atoms with Crippen LogP contribution in [-0.4, -0.2) is 52.5 Å². The van der Waals surface area contributed by atoms with E-state index in [0.29, 0.717) is 30.7 Å². The molecule has 1 aliphatic rings. The monoisotopic (exact) mass is 323 g/mol. The van der Waals surface area contributed by atoms with E-state index in [9.17, 15) is 4.79 Å². The molecule has 0 radical (unpaired) electrons. The Bertz CT molecular complexity index is 501. The van der Waals surface area contributed by atoms with Crippen molar-refractivity contribution in [3.63, 3.8) is 0 Å². The molecule has 0 unspecified atom stereocenters. The van der Waals surface area contributed by atoms with E-state index in [2.05, 4.69) is 5.32 Å². The van der Waals surface area contributed by atoms with Crippen LogP contribution in [0.25, 0.3) is 0 Å². The molecule has 23 heavy (non-hydrogen) atoms. The van der Waals surface area contributed by atoms with Gasteiger partial charge in [-0.1, -0.05) is 6.07 Å². The number of nitrogens with two attached hydrogens (primary N) is 1. The number of nitrogens with one attached hydrogen (secondary N) is 1. The lowest BCUT2D eigenvalue weighted by atomic mass is 10.1. The van der Waals surface area contributed by atoms with Crippen molar-refractivity contribution in [2.45, 2.75) is 25.4 Å². The Balaban J connectivity index is 1.64. The van der Waals surface area contributed by atoms with Crippen LogP contribution >= 0.6 is 0 Å². The molecule has 0 saturated carbocycles. The SMILES string of the molecule is COc1ccc(CCNC(=O)C[NH2+]C[C@H]2CCCO2)cc1OC. The molecule has 6 nitrogen and oxygen atoms in total. The van der Waals surface area contributed by atoms with E-state index in [1.54, 1.807) is 14.2 Å². The average molecular weight is 323 g/mol. The number of carbonyl (C=O) groups is 1. The highest BCUT2D eigenvalue weighted by Gasteiger charge is 2.17. The Hall–Kier alpha value is -1.79. The summed E-state index contributed by atoms with van der Waals surface area (Å²) in [4.78, 5) is 11.8. The van der Waals surface area contributed by atoms with Crippen molar-refractivity contribution in [2.75, 3.05) is 40.5 Å². The van der Waals surface area contributed by atoms with Crippen LogP contribution < -0.4 is 20.1 Å². The van der Waals surface area contributed by atoms with Gasteiger partial charge in [0, 0.05) is 13.2 Å². The number of methoxy groups -OCH3 is 2. The fourth-order valence-corrected chi connectivity index (χ4v) is 2.69.